The minimum absolute atomic E-state index is 0.247. The Labute approximate surface area is 139 Å². The van der Waals surface area contributed by atoms with Gasteiger partial charge in [-0.3, -0.25) is 0 Å². The van der Waals surface area contributed by atoms with E-state index in [0.29, 0.717) is 23.6 Å². The lowest BCUT2D eigenvalue weighted by molar-refractivity contribution is -0.137. The molecule has 0 spiro atoms. The molecule has 2 rings (SSSR count). The minimum atomic E-state index is -4.34. The predicted molar refractivity (Wildman–Crippen MR) is 86.2 cm³/mol. The number of ether oxygens (including phenoxy) is 2. The van der Waals surface area contributed by atoms with Crippen molar-refractivity contribution < 1.29 is 22.6 Å². The van der Waals surface area contributed by atoms with Gasteiger partial charge in [0, 0.05) is 18.2 Å². The van der Waals surface area contributed by atoms with E-state index in [1.807, 2.05) is 19.1 Å². The zero-order chi connectivity index (χ0) is 17.7. The number of methoxy groups -OCH3 is 2. The summed E-state index contributed by atoms with van der Waals surface area (Å²) < 4.78 is 49.0. The largest absolute Gasteiger partial charge is 0.493 e. The van der Waals surface area contributed by atoms with Crippen molar-refractivity contribution in [2.75, 3.05) is 14.2 Å². The molecule has 2 aromatic rings. The summed E-state index contributed by atoms with van der Waals surface area (Å²) in [5.74, 6) is 1.23. The molecule has 0 heterocycles. The van der Waals surface area contributed by atoms with Crippen LogP contribution in [0.3, 0.4) is 0 Å². The van der Waals surface area contributed by atoms with Gasteiger partial charge in [0.2, 0.25) is 0 Å². The smallest absolute Gasteiger partial charge is 0.416 e. The summed E-state index contributed by atoms with van der Waals surface area (Å²) in [4.78, 5) is 0. The molecular formula is C18H20F3NO2. The number of halogens is 3. The summed E-state index contributed by atoms with van der Waals surface area (Å²) in [7, 11) is 3.11. The van der Waals surface area contributed by atoms with Gasteiger partial charge in [0.1, 0.15) is 0 Å². The Morgan fingerprint density at radius 3 is 2.38 bits per heavy atom. The Bertz CT molecular complexity index is 686. The molecule has 0 saturated heterocycles. The Morgan fingerprint density at radius 1 is 1.04 bits per heavy atom. The molecule has 0 aliphatic rings. The third-order valence-electron chi connectivity index (χ3n) is 3.80. The second-order valence-corrected chi connectivity index (χ2v) is 5.38. The third kappa shape index (κ3) is 4.20. The maximum atomic E-state index is 12.8. The van der Waals surface area contributed by atoms with Gasteiger partial charge in [0.05, 0.1) is 19.8 Å². The van der Waals surface area contributed by atoms with Gasteiger partial charge >= 0.3 is 6.18 Å². The van der Waals surface area contributed by atoms with Gasteiger partial charge in [-0.05, 0) is 30.7 Å². The number of alkyl halides is 3. The van der Waals surface area contributed by atoms with Crippen molar-refractivity contribution in [2.45, 2.75) is 25.7 Å². The normalized spacial score (nSPS) is 12.8. The number of hydrogen-bond acceptors (Lipinski definition) is 3. The molecule has 3 nitrogen and oxygen atoms in total. The average Bonchev–Trinajstić information content (AvgIpc) is 2.58. The van der Waals surface area contributed by atoms with Crippen LogP contribution < -0.4 is 14.8 Å². The van der Waals surface area contributed by atoms with Crippen LogP contribution in [-0.2, 0) is 12.7 Å². The molecule has 130 valence electrons. The second kappa shape index (κ2) is 7.57. The molecule has 0 aliphatic carbocycles. The van der Waals surface area contributed by atoms with Crippen LogP contribution in [-0.4, -0.2) is 14.2 Å². The van der Waals surface area contributed by atoms with E-state index in [1.165, 1.54) is 12.1 Å². The topological polar surface area (TPSA) is 30.5 Å². The van der Waals surface area contributed by atoms with Crippen LogP contribution in [0.2, 0.25) is 0 Å². The van der Waals surface area contributed by atoms with Crippen molar-refractivity contribution in [3.63, 3.8) is 0 Å². The standard InChI is InChI=1S/C18H20F3NO2/c1-12(13-6-4-8-15(10-13)18(19,20)21)22-11-14-7-5-9-16(23-2)17(14)24-3/h4-10,12,22H,11H2,1-3H3. The van der Waals surface area contributed by atoms with Crippen molar-refractivity contribution in [1.29, 1.82) is 0 Å². The maximum Gasteiger partial charge on any atom is 0.416 e. The first-order valence-corrected chi connectivity index (χ1v) is 7.47. The Balaban J connectivity index is 2.13. The van der Waals surface area contributed by atoms with E-state index in [1.54, 1.807) is 26.4 Å². The molecule has 0 aromatic heterocycles. The molecule has 6 heteroatoms. The molecule has 1 atom stereocenters. The first-order chi connectivity index (χ1) is 11.4. The fraction of sp³-hybridized carbons (Fsp3) is 0.333. The highest BCUT2D eigenvalue weighted by Crippen LogP contribution is 2.32. The highest BCUT2D eigenvalue weighted by molar-refractivity contribution is 5.46. The van der Waals surface area contributed by atoms with Crippen LogP contribution in [0.25, 0.3) is 0 Å². The molecule has 0 bridgehead atoms. The van der Waals surface area contributed by atoms with Crippen LogP contribution in [0.15, 0.2) is 42.5 Å². The molecule has 1 N–H and O–H groups in total. The van der Waals surface area contributed by atoms with E-state index in [9.17, 15) is 13.2 Å². The van der Waals surface area contributed by atoms with E-state index < -0.39 is 11.7 Å². The highest BCUT2D eigenvalue weighted by atomic mass is 19.4. The van der Waals surface area contributed by atoms with E-state index in [2.05, 4.69) is 5.32 Å². The number of benzene rings is 2. The van der Waals surface area contributed by atoms with Crippen molar-refractivity contribution in [3.8, 4) is 11.5 Å². The van der Waals surface area contributed by atoms with Crippen molar-refractivity contribution >= 4 is 0 Å². The maximum absolute atomic E-state index is 12.8. The summed E-state index contributed by atoms with van der Waals surface area (Å²) in [6, 6.07) is 10.6. The van der Waals surface area contributed by atoms with E-state index in [4.69, 9.17) is 9.47 Å². The van der Waals surface area contributed by atoms with E-state index >= 15 is 0 Å². The Morgan fingerprint density at radius 2 is 1.75 bits per heavy atom. The molecule has 0 aliphatic heterocycles. The lowest BCUT2D eigenvalue weighted by Crippen LogP contribution is -2.19. The molecule has 0 radical (unpaired) electrons. The summed E-state index contributed by atoms with van der Waals surface area (Å²) in [5.41, 5.74) is 0.801. The van der Waals surface area contributed by atoms with Crippen molar-refractivity contribution in [3.05, 3.63) is 59.2 Å². The van der Waals surface area contributed by atoms with Gasteiger partial charge in [0.15, 0.2) is 11.5 Å². The fourth-order valence-corrected chi connectivity index (χ4v) is 2.46. The average molecular weight is 339 g/mol. The first-order valence-electron chi connectivity index (χ1n) is 7.47. The predicted octanol–water partition coefficient (Wildman–Crippen LogP) is 4.57. The van der Waals surface area contributed by atoms with Crippen LogP contribution in [0.5, 0.6) is 11.5 Å². The number of hydrogen-bond donors (Lipinski definition) is 1. The van der Waals surface area contributed by atoms with Crippen LogP contribution in [0.1, 0.15) is 29.7 Å². The monoisotopic (exact) mass is 339 g/mol. The van der Waals surface area contributed by atoms with Crippen LogP contribution in [0.4, 0.5) is 13.2 Å². The lowest BCUT2D eigenvalue weighted by Gasteiger charge is -2.18. The quantitative estimate of drug-likeness (QED) is 0.836. The van der Waals surface area contributed by atoms with E-state index in [-0.39, 0.29) is 6.04 Å². The summed E-state index contributed by atoms with van der Waals surface area (Å²) in [5, 5.41) is 3.22. The molecule has 24 heavy (non-hydrogen) atoms. The van der Waals surface area contributed by atoms with Gasteiger partial charge in [-0.2, -0.15) is 13.2 Å². The first kappa shape index (κ1) is 18.1. The van der Waals surface area contributed by atoms with Gasteiger partial charge in [-0.25, -0.2) is 0 Å². The van der Waals surface area contributed by atoms with Crippen molar-refractivity contribution in [1.82, 2.24) is 5.32 Å². The summed E-state index contributed by atoms with van der Waals surface area (Å²) >= 11 is 0. The third-order valence-corrected chi connectivity index (χ3v) is 3.80. The summed E-state index contributed by atoms with van der Waals surface area (Å²) in [6.07, 6.45) is -4.34. The SMILES string of the molecule is COc1cccc(CNC(C)c2cccc(C(F)(F)F)c2)c1OC. The molecule has 1 unspecified atom stereocenters. The van der Waals surface area contributed by atoms with Gasteiger partial charge < -0.3 is 14.8 Å². The fourth-order valence-electron chi connectivity index (χ4n) is 2.46. The van der Waals surface area contributed by atoms with Gasteiger partial charge in [0.25, 0.3) is 0 Å². The zero-order valence-electron chi connectivity index (χ0n) is 13.8. The van der Waals surface area contributed by atoms with Crippen LogP contribution in [0, 0.1) is 0 Å². The molecular weight excluding hydrogens is 319 g/mol. The second-order valence-electron chi connectivity index (χ2n) is 5.38. The van der Waals surface area contributed by atoms with Gasteiger partial charge in [-0.15, -0.1) is 0 Å². The van der Waals surface area contributed by atoms with Crippen molar-refractivity contribution in [2.24, 2.45) is 0 Å². The zero-order valence-corrected chi connectivity index (χ0v) is 13.8. The highest BCUT2D eigenvalue weighted by Gasteiger charge is 2.30. The number of rotatable bonds is 6. The summed E-state index contributed by atoms with van der Waals surface area (Å²) in [6.45, 7) is 2.26. The Kier molecular flexibility index (Phi) is 5.72. The molecule has 0 fully saturated rings. The van der Waals surface area contributed by atoms with E-state index in [0.717, 1.165) is 11.6 Å². The molecule has 0 saturated carbocycles. The van der Waals surface area contributed by atoms with Gasteiger partial charge in [-0.1, -0.05) is 24.3 Å². The molecule has 0 amide bonds. The Hall–Kier alpha value is -2.21. The minimum Gasteiger partial charge on any atom is -0.493 e. The lowest BCUT2D eigenvalue weighted by atomic mass is 10.0. The number of para-hydroxylation sites is 1. The number of nitrogens with one attached hydrogen (secondary N) is 1. The van der Waals surface area contributed by atoms with Crippen LogP contribution >= 0.6 is 0 Å². The molecule has 2 aromatic carbocycles.